The van der Waals surface area contributed by atoms with Crippen molar-refractivity contribution in [2.24, 2.45) is 0 Å². The first-order valence-corrected chi connectivity index (χ1v) is 5.32. The van der Waals surface area contributed by atoms with Crippen LogP contribution in [0, 0.1) is 0 Å². The Kier molecular flexibility index (Phi) is 3.53. The largest absolute Gasteiger partial charge is 0.383 e. The number of hydrogen-bond acceptors (Lipinski definition) is 4. The molecule has 0 bridgehead atoms. The molecule has 6 heteroatoms. The quantitative estimate of drug-likeness (QED) is 0.663. The average molecular weight is 224 g/mol. The van der Waals surface area contributed by atoms with Gasteiger partial charge in [0, 0.05) is 32.9 Å². The Morgan fingerprint density at radius 1 is 1.81 bits per heavy atom. The monoisotopic (exact) mass is 224 g/mol. The zero-order valence-electron chi connectivity index (χ0n) is 9.27. The molecular formula is C10H16N4O2. The van der Waals surface area contributed by atoms with Gasteiger partial charge < -0.3 is 15.4 Å². The summed E-state index contributed by atoms with van der Waals surface area (Å²) in [5.74, 6) is -0.0193. The Hall–Kier alpha value is -1.40. The van der Waals surface area contributed by atoms with E-state index in [1.165, 1.54) is 0 Å². The molecule has 88 valence electrons. The lowest BCUT2D eigenvalue weighted by molar-refractivity contribution is -0.125. The summed E-state index contributed by atoms with van der Waals surface area (Å²) in [6, 6.07) is 1.66. The molecule has 1 aromatic heterocycles. The van der Waals surface area contributed by atoms with E-state index in [-0.39, 0.29) is 11.9 Å². The first-order valence-electron chi connectivity index (χ1n) is 5.32. The fourth-order valence-corrected chi connectivity index (χ4v) is 1.78. The Labute approximate surface area is 94.0 Å². The zero-order chi connectivity index (χ0) is 11.4. The average Bonchev–Trinajstić information content (AvgIpc) is 2.76. The molecule has 0 spiro atoms. The number of nitrogens with one attached hydrogen (secondary N) is 2. The van der Waals surface area contributed by atoms with Crippen LogP contribution in [0.15, 0.2) is 12.3 Å². The van der Waals surface area contributed by atoms with Crippen LogP contribution in [0.1, 0.15) is 11.7 Å². The zero-order valence-corrected chi connectivity index (χ0v) is 9.27. The number of nitrogens with zero attached hydrogens (tertiary/aromatic N) is 2. The highest BCUT2D eigenvalue weighted by Crippen LogP contribution is 2.13. The molecule has 1 aromatic rings. The molecular weight excluding hydrogens is 208 g/mol. The van der Waals surface area contributed by atoms with Crippen molar-refractivity contribution in [1.82, 2.24) is 20.4 Å². The van der Waals surface area contributed by atoms with Crippen LogP contribution in [0.2, 0.25) is 0 Å². The van der Waals surface area contributed by atoms with Crippen LogP contribution in [-0.4, -0.2) is 42.5 Å². The lowest BCUT2D eigenvalue weighted by Crippen LogP contribution is -2.43. The predicted molar refractivity (Wildman–Crippen MR) is 57.9 cm³/mol. The van der Waals surface area contributed by atoms with Crippen molar-refractivity contribution in [3.05, 3.63) is 18.0 Å². The van der Waals surface area contributed by atoms with Gasteiger partial charge in [-0.3, -0.25) is 9.48 Å². The Bertz CT molecular complexity index is 363. The highest BCUT2D eigenvalue weighted by atomic mass is 16.5. The molecule has 0 saturated carbocycles. The second-order valence-electron chi connectivity index (χ2n) is 3.70. The maximum atomic E-state index is 11.9. The molecule has 1 amide bonds. The van der Waals surface area contributed by atoms with Crippen LogP contribution in [-0.2, 0) is 16.1 Å². The van der Waals surface area contributed by atoms with Crippen molar-refractivity contribution in [2.75, 3.05) is 26.8 Å². The standard InChI is InChI=1S/C10H16N4O2/c1-16-5-4-12-10(15)9-7-11-6-8-2-3-13-14(8)9/h2-3,9,11H,4-7H2,1H3,(H,12,15)/t9-/m0/s1. The topological polar surface area (TPSA) is 68.2 Å². The summed E-state index contributed by atoms with van der Waals surface area (Å²) in [5, 5.41) is 10.2. The van der Waals surface area contributed by atoms with E-state index in [1.54, 1.807) is 18.0 Å². The molecule has 2 rings (SSSR count). The van der Waals surface area contributed by atoms with Crippen molar-refractivity contribution in [2.45, 2.75) is 12.6 Å². The number of rotatable bonds is 4. The van der Waals surface area contributed by atoms with Crippen molar-refractivity contribution in [3.8, 4) is 0 Å². The van der Waals surface area contributed by atoms with E-state index < -0.39 is 0 Å². The fraction of sp³-hybridized carbons (Fsp3) is 0.600. The molecule has 1 aliphatic heterocycles. The lowest BCUT2D eigenvalue weighted by atomic mass is 10.2. The van der Waals surface area contributed by atoms with E-state index in [0.29, 0.717) is 19.7 Å². The van der Waals surface area contributed by atoms with E-state index in [2.05, 4.69) is 15.7 Å². The molecule has 16 heavy (non-hydrogen) atoms. The van der Waals surface area contributed by atoms with Gasteiger partial charge in [-0.25, -0.2) is 0 Å². The third-order valence-corrected chi connectivity index (χ3v) is 2.60. The van der Waals surface area contributed by atoms with Gasteiger partial charge in [0.25, 0.3) is 0 Å². The van der Waals surface area contributed by atoms with Gasteiger partial charge in [0.15, 0.2) is 0 Å². The summed E-state index contributed by atoms with van der Waals surface area (Å²) in [6.45, 7) is 2.44. The molecule has 6 nitrogen and oxygen atoms in total. The van der Waals surface area contributed by atoms with Crippen molar-refractivity contribution < 1.29 is 9.53 Å². The molecule has 0 unspecified atom stereocenters. The van der Waals surface area contributed by atoms with Gasteiger partial charge in [-0.05, 0) is 6.07 Å². The van der Waals surface area contributed by atoms with Crippen molar-refractivity contribution in [1.29, 1.82) is 0 Å². The van der Waals surface area contributed by atoms with Crippen molar-refractivity contribution in [3.63, 3.8) is 0 Å². The lowest BCUT2D eigenvalue weighted by Gasteiger charge is -2.24. The summed E-state index contributed by atoms with van der Waals surface area (Å²) < 4.78 is 6.66. The molecule has 0 saturated heterocycles. The molecule has 0 radical (unpaired) electrons. The number of fused-ring (bicyclic) bond motifs is 1. The third kappa shape index (κ3) is 2.23. The minimum Gasteiger partial charge on any atom is -0.383 e. The number of aromatic nitrogens is 2. The van der Waals surface area contributed by atoms with E-state index in [4.69, 9.17) is 4.74 Å². The predicted octanol–water partition coefficient (Wildman–Crippen LogP) is -0.710. The van der Waals surface area contributed by atoms with E-state index >= 15 is 0 Å². The molecule has 2 heterocycles. The molecule has 0 aliphatic carbocycles. The molecule has 1 atom stereocenters. The van der Waals surface area contributed by atoms with Crippen molar-refractivity contribution >= 4 is 5.91 Å². The Morgan fingerprint density at radius 3 is 3.50 bits per heavy atom. The van der Waals surface area contributed by atoms with Gasteiger partial charge in [-0.15, -0.1) is 0 Å². The van der Waals surface area contributed by atoms with Gasteiger partial charge in [-0.2, -0.15) is 5.10 Å². The highest BCUT2D eigenvalue weighted by Gasteiger charge is 2.25. The van der Waals surface area contributed by atoms with Crippen LogP contribution in [0.3, 0.4) is 0 Å². The number of methoxy groups -OCH3 is 1. The number of carbonyl (C=O) groups is 1. The second-order valence-corrected chi connectivity index (χ2v) is 3.70. The Morgan fingerprint density at radius 2 is 2.69 bits per heavy atom. The molecule has 0 aromatic carbocycles. The summed E-state index contributed by atoms with van der Waals surface area (Å²) in [4.78, 5) is 11.9. The van der Waals surface area contributed by atoms with E-state index in [9.17, 15) is 4.79 Å². The summed E-state index contributed by atoms with van der Waals surface area (Å²) in [6.07, 6.45) is 1.72. The maximum absolute atomic E-state index is 11.9. The van der Waals surface area contributed by atoms with Gasteiger partial charge in [0.05, 0.1) is 12.3 Å². The van der Waals surface area contributed by atoms with Gasteiger partial charge in [0.1, 0.15) is 6.04 Å². The van der Waals surface area contributed by atoms with Crippen LogP contribution >= 0.6 is 0 Å². The number of ether oxygens (including phenoxy) is 1. The molecule has 2 N–H and O–H groups in total. The third-order valence-electron chi connectivity index (χ3n) is 2.60. The smallest absolute Gasteiger partial charge is 0.246 e. The maximum Gasteiger partial charge on any atom is 0.246 e. The fourth-order valence-electron chi connectivity index (χ4n) is 1.78. The van der Waals surface area contributed by atoms with Gasteiger partial charge >= 0.3 is 0 Å². The summed E-state index contributed by atoms with van der Waals surface area (Å²) >= 11 is 0. The first-order chi connectivity index (χ1) is 7.83. The van der Waals surface area contributed by atoms with Crippen LogP contribution in [0.25, 0.3) is 0 Å². The SMILES string of the molecule is COCCNC(=O)[C@@H]1CNCc2ccnn21. The first kappa shape index (κ1) is 11.1. The minimum absolute atomic E-state index is 0.0193. The van der Waals surface area contributed by atoms with E-state index in [1.807, 2.05) is 6.07 Å². The normalized spacial score (nSPS) is 19.2. The van der Waals surface area contributed by atoms with Gasteiger partial charge in [0.2, 0.25) is 5.91 Å². The number of carbonyl (C=O) groups excluding carboxylic acids is 1. The summed E-state index contributed by atoms with van der Waals surface area (Å²) in [5.41, 5.74) is 1.04. The number of amides is 1. The van der Waals surface area contributed by atoms with Gasteiger partial charge in [-0.1, -0.05) is 0 Å². The van der Waals surface area contributed by atoms with Crippen LogP contribution < -0.4 is 10.6 Å². The minimum atomic E-state index is -0.254. The van der Waals surface area contributed by atoms with Crippen LogP contribution in [0.4, 0.5) is 0 Å². The highest BCUT2D eigenvalue weighted by molar-refractivity contribution is 5.80. The van der Waals surface area contributed by atoms with E-state index in [0.717, 1.165) is 12.2 Å². The Balaban J connectivity index is 1.98. The second kappa shape index (κ2) is 5.09. The number of hydrogen-bond donors (Lipinski definition) is 2. The van der Waals surface area contributed by atoms with Crippen LogP contribution in [0.5, 0.6) is 0 Å². The molecule has 0 fully saturated rings. The summed E-state index contributed by atoms with van der Waals surface area (Å²) in [7, 11) is 1.61. The molecule has 1 aliphatic rings.